The van der Waals surface area contributed by atoms with E-state index in [1.807, 2.05) is 0 Å². The Morgan fingerprint density at radius 3 is 1.84 bits per heavy atom. The smallest absolute Gasteiger partial charge is 0.295 e. The van der Waals surface area contributed by atoms with Gasteiger partial charge < -0.3 is 19.7 Å². The number of non-ortho nitro benzene ring substituents is 1. The number of ether oxygens (including phenoxy) is 2. The van der Waals surface area contributed by atoms with Crippen molar-refractivity contribution in [2.24, 2.45) is 30.7 Å². The predicted octanol–water partition coefficient (Wildman–Crippen LogP) is 11.7. The molecule has 0 radical (unpaired) electrons. The third-order valence-corrected chi connectivity index (χ3v) is 10.6. The first-order chi connectivity index (χ1) is 30.3. The molecule has 5 N–H and O–H groups in total. The van der Waals surface area contributed by atoms with E-state index in [2.05, 4.69) is 49.4 Å². The van der Waals surface area contributed by atoms with E-state index >= 15 is 0 Å². The number of hydrogen-bond acceptors (Lipinski definition) is 22. The molecule has 324 valence electrons. The van der Waals surface area contributed by atoms with Gasteiger partial charge in [-0.3, -0.25) is 14.7 Å². The van der Waals surface area contributed by atoms with Crippen LogP contribution < -0.4 is 9.47 Å². The van der Waals surface area contributed by atoms with Crippen LogP contribution >= 0.6 is 24.1 Å². The van der Waals surface area contributed by atoms with Gasteiger partial charge in [-0.25, -0.2) is 10.5 Å². The first-order valence-corrected chi connectivity index (χ1v) is 20.2. The van der Waals surface area contributed by atoms with Crippen LogP contribution in [-0.4, -0.2) is 52.8 Å². The molecule has 0 aliphatic carbocycles. The maximum atomic E-state index is 12.0. The van der Waals surface area contributed by atoms with E-state index in [1.54, 1.807) is 36.4 Å². The van der Waals surface area contributed by atoms with E-state index in [9.17, 15) is 33.3 Å². The average molecular weight is 920 g/mol. The van der Waals surface area contributed by atoms with Crippen LogP contribution in [0.5, 0.6) is 23.0 Å². The van der Waals surface area contributed by atoms with E-state index in [0.29, 0.717) is 51.8 Å². The molecule has 0 saturated heterocycles. The summed E-state index contributed by atoms with van der Waals surface area (Å²) in [5, 5.41) is 83.6. The van der Waals surface area contributed by atoms with Gasteiger partial charge >= 0.3 is 0 Å². The summed E-state index contributed by atoms with van der Waals surface area (Å²) < 4.78 is 54.0. The molecule has 0 amide bonds. The summed E-state index contributed by atoms with van der Waals surface area (Å²) in [6, 6.07) is 22.9. The molecule has 6 aromatic rings. The van der Waals surface area contributed by atoms with Gasteiger partial charge in [-0.15, -0.1) is 24.0 Å². The Morgan fingerprint density at radius 2 is 1.21 bits per heavy atom. The zero-order valence-electron chi connectivity index (χ0n) is 32.1. The third kappa shape index (κ3) is 11.5. The molecule has 0 spiro atoms. The molecule has 0 unspecified atom stereocenters. The highest BCUT2D eigenvalue weighted by Crippen LogP contribution is 2.47. The number of phenols is 2. The summed E-state index contributed by atoms with van der Waals surface area (Å²) in [7, 11) is -2.10. The highest BCUT2D eigenvalue weighted by Gasteiger charge is 2.20. The van der Waals surface area contributed by atoms with Gasteiger partial charge in [0.05, 0.1) is 65.2 Å². The van der Waals surface area contributed by atoms with Gasteiger partial charge in [0, 0.05) is 34.5 Å². The molecule has 0 bridgehead atoms. The fraction of sp³-hybridized carbons (Fsp3) is 0.0526. The summed E-state index contributed by atoms with van der Waals surface area (Å²) >= 11 is 1.08. The fourth-order valence-electron chi connectivity index (χ4n) is 5.51. The van der Waals surface area contributed by atoms with Crippen LogP contribution in [0.25, 0.3) is 22.9 Å². The molecule has 6 aromatic carbocycles. The van der Waals surface area contributed by atoms with Crippen LogP contribution in [-0.2, 0) is 28.9 Å². The second-order valence-electron chi connectivity index (χ2n) is 12.3. The molecule has 22 nitrogen and oxygen atoms in total. The lowest BCUT2D eigenvalue weighted by Gasteiger charge is -2.11. The number of hydrogen-bond donors (Lipinski definition) is 5. The number of methoxy groups -OCH3 is 2. The number of fused-ring (bicyclic) bond motifs is 1. The minimum atomic E-state index is -4.85. The normalized spacial score (nSPS) is 12.1. The first kappa shape index (κ1) is 45.6. The van der Waals surface area contributed by atoms with Crippen molar-refractivity contribution in [3.05, 3.63) is 118 Å². The van der Waals surface area contributed by atoms with Gasteiger partial charge in [0.15, 0.2) is 5.75 Å². The molecule has 0 aliphatic heterocycles. The van der Waals surface area contributed by atoms with E-state index in [4.69, 9.17) is 20.0 Å². The number of nitro benzene ring substituents is 1. The van der Waals surface area contributed by atoms with Gasteiger partial charge in [-0.2, -0.15) is 23.8 Å². The molecule has 6 rings (SSSR count). The molecule has 0 saturated carbocycles. The van der Waals surface area contributed by atoms with Crippen molar-refractivity contribution in [3.8, 4) is 23.0 Å². The number of nitro groups is 1. The number of benzene rings is 6. The molecular weight excluding hydrogens is 891 g/mol. The lowest BCUT2D eigenvalue weighted by Crippen LogP contribution is -2.02. The van der Waals surface area contributed by atoms with E-state index in [1.165, 1.54) is 68.8 Å². The van der Waals surface area contributed by atoms with Crippen molar-refractivity contribution < 1.29 is 66.8 Å². The van der Waals surface area contributed by atoms with Crippen molar-refractivity contribution in [1.29, 1.82) is 0 Å². The van der Waals surface area contributed by atoms with Crippen molar-refractivity contribution in [2.75, 3.05) is 14.2 Å². The Bertz CT molecular complexity index is 2900. The third-order valence-electron chi connectivity index (χ3n) is 8.41. The molecule has 0 atom stereocenters. The maximum Gasteiger partial charge on any atom is 0.295 e. The van der Waals surface area contributed by atoms with Crippen LogP contribution in [0.1, 0.15) is 11.1 Å². The molecule has 0 aromatic heterocycles. The number of aromatic hydroxyl groups is 2. The Kier molecular flexibility index (Phi) is 15.0. The van der Waals surface area contributed by atoms with Crippen molar-refractivity contribution in [2.45, 2.75) is 14.7 Å². The second kappa shape index (κ2) is 20.8. The van der Waals surface area contributed by atoms with Gasteiger partial charge in [0.2, 0.25) is 0 Å². The van der Waals surface area contributed by atoms with Crippen LogP contribution in [0.3, 0.4) is 0 Å². The van der Waals surface area contributed by atoms with Crippen LogP contribution in [0.2, 0.25) is 0 Å². The SMILES string of the molecule is COc1cc(N=Nc2c(SOOO)cc3cc(N=Nc4ccc(O)cc4)ccc3c2O)c(OC)cc1N=Nc1ccc(/C=C/c2ccc([N+](=O)[O-])cc2S(=O)(=O)O)c(SOOO)c1. The van der Waals surface area contributed by atoms with E-state index < -0.39 is 25.6 Å². The van der Waals surface area contributed by atoms with Gasteiger partial charge in [0.25, 0.3) is 15.8 Å². The Labute approximate surface area is 363 Å². The monoisotopic (exact) mass is 919 g/mol. The topological polar surface area (TPSA) is 308 Å². The van der Waals surface area contributed by atoms with Gasteiger partial charge in [0.1, 0.15) is 39.2 Å². The van der Waals surface area contributed by atoms with Gasteiger partial charge in [-0.1, -0.05) is 28.3 Å². The quantitative estimate of drug-likeness (QED) is 0.0102. The fourth-order valence-corrected chi connectivity index (χ4v) is 7.21. The highest BCUT2D eigenvalue weighted by atomic mass is 32.2. The standard InChI is InChI=1S/C38H29N7O15S3/c1-55-32-20-31(43-44-37-35(62-60-58-51)16-23-15-25(10-14-29(23)38(37)47)40-39-24-8-12-28(46)13-9-24)33(56-2)19-30(32)42-41-26-7-5-21(34(17-26)61-59-57-50)3-4-22-6-11-27(45(48)49)18-36(22)63(52,53)54/h3-20,46-47,50-51H,1-2H3,(H,52,53,54)/b4-3+,40-39?,42-41?,44-43?. The van der Waals surface area contributed by atoms with E-state index in [0.717, 1.165) is 18.2 Å². The first-order valence-electron chi connectivity index (χ1n) is 17.3. The zero-order chi connectivity index (χ0) is 45.1. The van der Waals surface area contributed by atoms with Crippen molar-refractivity contribution >= 4 is 96.9 Å². The maximum absolute atomic E-state index is 12.0. The Hall–Kier alpha value is -6.91. The summed E-state index contributed by atoms with van der Waals surface area (Å²) in [4.78, 5) is 10.1. The zero-order valence-corrected chi connectivity index (χ0v) is 34.5. The second-order valence-corrected chi connectivity index (χ2v) is 15.1. The number of nitrogens with zero attached hydrogens (tertiary/aromatic N) is 7. The largest absolute Gasteiger partial charge is 0.508 e. The Morgan fingerprint density at radius 1 is 0.651 bits per heavy atom. The lowest BCUT2D eigenvalue weighted by molar-refractivity contribution is -0.432. The highest BCUT2D eigenvalue weighted by molar-refractivity contribution is 7.95. The van der Waals surface area contributed by atoms with Crippen LogP contribution in [0.4, 0.5) is 39.8 Å². The molecule has 0 heterocycles. The van der Waals surface area contributed by atoms with Crippen molar-refractivity contribution in [1.82, 2.24) is 0 Å². The van der Waals surface area contributed by atoms with Crippen LogP contribution in [0.15, 0.2) is 142 Å². The van der Waals surface area contributed by atoms with Crippen molar-refractivity contribution in [3.63, 3.8) is 0 Å². The summed E-state index contributed by atoms with van der Waals surface area (Å²) in [5.74, 6) is 0.102. The molecular formula is C38H29N7O15S3. The molecule has 63 heavy (non-hydrogen) atoms. The molecule has 25 heteroatoms. The number of phenolic OH excluding ortho intramolecular Hbond substituents is 2. The summed E-state index contributed by atoms with van der Waals surface area (Å²) in [6.07, 6.45) is 2.70. The summed E-state index contributed by atoms with van der Waals surface area (Å²) in [5.41, 5.74) is 1.18. The lowest BCUT2D eigenvalue weighted by atomic mass is 10.1. The minimum absolute atomic E-state index is 0.0631. The Balaban J connectivity index is 1.28. The molecule has 0 aliphatic rings. The summed E-state index contributed by atoms with van der Waals surface area (Å²) in [6.45, 7) is 0. The number of rotatable bonds is 18. The van der Waals surface area contributed by atoms with E-state index in [-0.39, 0.29) is 61.1 Å². The predicted molar refractivity (Wildman–Crippen MR) is 225 cm³/mol. The van der Waals surface area contributed by atoms with Gasteiger partial charge in [-0.05, 0) is 83.2 Å². The molecule has 0 fully saturated rings. The number of azo groups is 3. The van der Waals surface area contributed by atoms with Crippen LogP contribution in [0, 0.1) is 10.1 Å². The minimum Gasteiger partial charge on any atom is -0.508 e. The average Bonchev–Trinajstić information content (AvgIpc) is 3.28.